The van der Waals surface area contributed by atoms with Crippen molar-refractivity contribution in [2.75, 3.05) is 0 Å². The molecule has 0 radical (unpaired) electrons. The van der Waals surface area contributed by atoms with E-state index >= 15 is 0 Å². The molecule has 0 unspecified atom stereocenters. The van der Waals surface area contributed by atoms with Crippen molar-refractivity contribution in [1.82, 2.24) is 10.1 Å². The minimum Gasteiger partial charge on any atom is -0.334 e. The van der Waals surface area contributed by atoms with Gasteiger partial charge in [0.2, 0.25) is 5.82 Å². The Labute approximate surface area is 107 Å². The van der Waals surface area contributed by atoms with Gasteiger partial charge in [0.1, 0.15) is 0 Å². The van der Waals surface area contributed by atoms with E-state index in [9.17, 15) is 0 Å². The Morgan fingerprint density at radius 1 is 1.18 bits per heavy atom. The van der Waals surface area contributed by atoms with Crippen LogP contribution in [-0.2, 0) is 0 Å². The van der Waals surface area contributed by atoms with Gasteiger partial charge in [0.15, 0.2) is 0 Å². The van der Waals surface area contributed by atoms with Gasteiger partial charge in [-0.2, -0.15) is 16.3 Å². The van der Waals surface area contributed by atoms with E-state index in [1.807, 2.05) is 41.1 Å². The minimum atomic E-state index is 0.529. The molecule has 84 valence electrons. The van der Waals surface area contributed by atoms with Crippen molar-refractivity contribution in [3.8, 4) is 22.8 Å². The minimum absolute atomic E-state index is 0.529. The third kappa shape index (κ3) is 2.09. The van der Waals surface area contributed by atoms with E-state index in [2.05, 4.69) is 10.1 Å². The van der Waals surface area contributed by atoms with Crippen molar-refractivity contribution in [3.63, 3.8) is 0 Å². The molecule has 17 heavy (non-hydrogen) atoms. The second-order valence-corrected chi connectivity index (χ2v) is 4.66. The lowest BCUT2D eigenvalue weighted by Gasteiger charge is -1.93. The lowest BCUT2D eigenvalue weighted by atomic mass is 10.2. The predicted molar refractivity (Wildman–Crippen MR) is 68.1 cm³/mol. The van der Waals surface area contributed by atoms with Crippen LogP contribution in [0.3, 0.4) is 0 Å². The predicted octanol–water partition coefficient (Wildman–Crippen LogP) is 4.12. The number of hydrogen-bond donors (Lipinski definition) is 0. The maximum Gasteiger partial charge on any atom is 0.259 e. The second kappa shape index (κ2) is 4.31. The summed E-state index contributed by atoms with van der Waals surface area (Å²) in [4.78, 5) is 4.33. The summed E-state index contributed by atoms with van der Waals surface area (Å²) in [6, 6.07) is 9.32. The molecule has 2 heterocycles. The number of rotatable bonds is 2. The van der Waals surface area contributed by atoms with Crippen LogP contribution in [-0.4, -0.2) is 10.1 Å². The Morgan fingerprint density at radius 3 is 2.88 bits per heavy atom. The summed E-state index contributed by atoms with van der Waals surface area (Å²) in [7, 11) is 0. The summed E-state index contributed by atoms with van der Waals surface area (Å²) in [5.41, 5.74) is 1.79. The van der Waals surface area contributed by atoms with E-state index in [1.165, 1.54) is 0 Å². The molecule has 3 rings (SSSR count). The zero-order valence-corrected chi connectivity index (χ0v) is 10.2. The van der Waals surface area contributed by atoms with E-state index in [4.69, 9.17) is 16.1 Å². The first kappa shape index (κ1) is 10.5. The zero-order valence-electron chi connectivity index (χ0n) is 8.63. The van der Waals surface area contributed by atoms with Gasteiger partial charge < -0.3 is 4.52 Å². The average Bonchev–Trinajstić information content (AvgIpc) is 3.00. The largest absolute Gasteiger partial charge is 0.334 e. The molecule has 0 N–H and O–H groups in total. The number of nitrogens with zero attached hydrogens (tertiary/aromatic N) is 2. The van der Waals surface area contributed by atoms with Crippen molar-refractivity contribution in [3.05, 3.63) is 46.1 Å². The molecule has 0 aliphatic heterocycles. The molecule has 0 bridgehead atoms. The van der Waals surface area contributed by atoms with Gasteiger partial charge in [0, 0.05) is 16.0 Å². The van der Waals surface area contributed by atoms with E-state index in [0.29, 0.717) is 16.7 Å². The van der Waals surface area contributed by atoms with Crippen LogP contribution in [0.4, 0.5) is 0 Å². The average molecular weight is 263 g/mol. The highest BCUT2D eigenvalue weighted by Gasteiger charge is 2.10. The summed E-state index contributed by atoms with van der Waals surface area (Å²) >= 11 is 7.51. The van der Waals surface area contributed by atoms with Gasteiger partial charge in [-0.15, -0.1) is 0 Å². The lowest BCUT2D eigenvalue weighted by molar-refractivity contribution is 0.432. The van der Waals surface area contributed by atoms with Crippen molar-refractivity contribution in [2.24, 2.45) is 0 Å². The first-order chi connectivity index (χ1) is 8.33. The lowest BCUT2D eigenvalue weighted by Crippen LogP contribution is -1.80. The van der Waals surface area contributed by atoms with Gasteiger partial charge in [0.25, 0.3) is 5.89 Å². The van der Waals surface area contributed by atoms with Gasteiger partial charge >= 0.3 is 0 Å². The number of thiophene rings is 1. The highest BCUT2D eigenvalue weighted by molar-refractivity contribution is 7.08. The first-order valence-electron chi connectivity index (χ1n) is 4.95. The number of halogens is 1. The second-order valence-electron chi connectivity index (χ2n) is 3.45. The Bertz CT molecular complexity index is 634. The molecule has 0 fully saturated rings. The Morgan fingerprint density at radius 2 is 2.12 bits per heavy atom. The molecule has 0 amide bonds. The Hall–Kier alpha value is -1.65. The van der Waals surface area contributed by atoms with Crippen LogP contribution in [0.1, 0.15) is 0 Å². The highest BCUT2D eigenvalue weighted by Crippen LogP contribution is 2.25. The molecule has 3 aromatic rings. The molecule has 0 atom stereocenters. The summed E-state index contributed by atoms with van der Waals surface area (Å²) in [6.07, 6.45) is 0. The maximum atomic E-state index is 5.92. The molecule has 1 aromatic carbocycles. The van der Waals surface area contributed by atoms with Gasteiger partial charge in [-0.25, -0.2) is 0 Å². The van der Waals surface area contributed by atoms with Crippen LogP contribution < -0.4 is 0 Å². The molecule has 2 aromatic heterocycles. The van der Waals surface area contributed by atoms with Crippen LogP contribution in [0.2, 0.25) is 5.02 Å². The van der Waals surface area contributed by atoms with Crippen molar-refractivity contribution in [2.45, 2.75) is 0 Å². The summed E-state index contributed by atoms with van der Waals surface area (Å²) < 4.78 is 5.21. The topological polar surface area (TPSA) is 38.9 Å². The van der Waals surface area contributed by atoms with E-state index in [-0.39, 0.29) is 0 Å². The number of benzene rings is 1. The van der Waals surface area contributed by atoms with Crippen molar-refractivity contribution >= 4 is 22.9 Å². The standard InChI is InChI=1S/C12H7ClN2OS/c13-10-3-1-2-8(6-10)11-14-12(16-15-11)9-4-5-17-7-9/h1-7H. The van der Waals surface area contributed by atoms with Crippen LogP contribution in [0, 0.1) is 0 Å². The molecule has 0 spiro atoms. The van der Waals surface area contributed by atoms with Gasteiger partial charge in [-0.3, -0.25) is 0 Å². The first-order valence-corrected chi connectivity index (χ1v) is 6.27. The molecule has 0 aliphatic carbocycles. The SMILES string of the molecule is Clc1cccc(-c2noc(-c3ccsc3)n2)c1. The smallest absolute Gasteiger partial charge is 0.259 e. The van der Waals surface area contributed by atoms with Crippen molar-refractivity contribution < 1.29 is 4.52 Å². The summed E-state index contributed by atoms with van der Waals surface area (Å²) in [5.74, 6) is 1.08. The van der Waals surface area contributed by atoms with E-state index in [1.54, 1.807) is 11.3 Å². The third-order valence-electron chi connectivity index (χ3n) is 2.28. The van der Waals surface area contributed by atoms with Gasteiger partial charge in [0.05, 0.1) is 5.56 Å². The zero-order chi connectivity index (χ0) is 11.7. The molecule has 0 aliphatic rings. The van der Waals surface area contributed by atoms with E-state index in [0.717, 1.165) is 11.1 Å². The van der Waals surface area contributed by atoms with Gasteiger partial charge in [-0.05, 0) is 23.6 Å². The molecule has 0 saturated carbocycles. The van der Waals surface area contributed by atoms with Gasteiger partial charge in [-0.1, -0.05) is 28.9 Å². The molecule has 0 saturated heterocycles. The fourth-order valence-electron chi connectivity index (χ4n) is 1.47. The Balaban J connectivity index is 2.01. The summed E-state index contributed by atoms with van der Waals surface area (Å²) in [5, 5.41) is 8.54. The highest BCUT2D eigenvalue weighted by atomic mass is 35.5. The van der Waals surface area contributed by atoms with E-state index < -0.39 is 0 Å². The quantitative estimate of drug-likeness (QED) is 0.697. The Kier molecular flexibility index (Phi) is 2.66. The molecule has 5 heteroatoms. The fraction of sp³-hybridized carbons (Fsp3) is 0. The molecular formula is C12H7ClN2OS. The van der Waals surface area contributed by atoms with Crippen LogP contribution in [0.5, 0.6) is 0 Å². The number of aromatic nitrogens is 2. The monoisotopic (exact) mass is 262 g/mol. The molecular weight excluding hydrogens is 256 g/mol. The fourth-order valence-corrected chi connectivity index (χ4v) is 2.29. The number of hydrogen-bond acceptors (Lipinski definition) is 4. The van der Waals surface area contributed by atoms with Crippen LogP contribution >= 0.6 is 22.9 Å². The third-order valence-corrected chi connectivity index (χ3v) is 3.20. The molecule has 3 nitrogen and oxygen atoms in total. The van der Waals surface area contributed by atoms with Crippen LogP contribution in [0.15, 0.2) is 45.6 Å². The van der Waals surface area contributed by atoms with Crippen LogP contribution in [0.25, 0.3) is 22.8 Å². The maximum absolute atomic E-state index is 5.92. The summed E-state index contributed by atoms with van der Waals surface area (Å²) in [6.45, 7) is 0. The normalized spacial score (nSPS) is 10.6. The van der Waals surface area contributed by atoms with Crippen molar-refractivity contribution in [1.29, 1.82) is 0 Å².